The number of carbonyl (C=O) groups is 7. The Hall–Kier alpha value is -5.27. The Labute approximate surface area is 328 Å². The van der Waals surface area contributed by atoms with Gasteiger partial charge in [-0.2, -0.15) is 0 Å². The van der Waals surface area contributed by atoms with Gasteiger partial charge in [-0.15, -0.1) is 0 Å². The van der Waals surface area contributed by atoms with Crippen molar-refractivity contribution < 1.29 is 38.3 Å². The minimum Gasteiger partial charge on any atom is -0.458 e. The predicted octanol–water partition coefficient (Wildman–Crippen LogP) is 1.81. The molecule has 2 aromatic rings. The molecule has 6 rings (SSSR count). The molecule has 56 heavy (non-hydrogen) atoms. The van der Waals surface area contributed by atoms with Crippen LogP contribution in [-0.2, 0) is 51.1 Å². The maximum Gasteiger partial charge on any atom is 0.329 e. The lowest BCUT2D eigenvalue weighted by atomic mass is 9.99. The van der Waals surface area contributed by atoms with Gasteiger partial charge >= 0.3 is 5.97 Å². The molecule has 0 unspecified atom stereocenters. The van der Waals surface area contributed by atoms with E-state index in [9.17, 15) is 33.6 Å². The summed E-state index contributed by atoms with van der Waals surface area (Å²) in [5.41, 5.74) is 2.58. The van der Waals surface area contributed by atoms with Crippen molar-refractivity contribution in [2.24, 2.45) is 5.92 Å². The monoisotopic (exact) mass is 770 g/mol. The molecule has 3 N–H and O–H groups in total. The van der Waals surface area contributed by atoms with Crippen LogP contribution in [0.15, 0.2) is 54.6 Å². The van der Waals surface area contributed by atoms with Crippen LogP contribution >= 0.6 is 0 Å². The van der Waals surface area contributed by atoms with Crippen molar-refractivity contribution in [3.63, 3.8) is 0 Å². The number of nitrogens with one attached hydrogen (secondary N) is 3. The fourth-order valence-electron chi connectivity index (χ4n) is 8.42. The van der Waals surface area contributed by atoms with E-state index < -0.39 is 77.9 Å². The Morgan fingerprint density at radius 1 is 0.786 bits per heavy atom. The van der Waals surface area contributed by atoms with E-state index in [4.69, 9.17) is 4.74 Å². The van der Waals surface area contributed by atoms with E-state index in [-0.39, 0.29) is 37.8 Å². The van der Waals surface area contributed by atoms with Crippen LogP contribution in [0, 0.1) is 12.8 Å². The summed E-state index contributed by atoms with van der Waals surface area (Å²) < 4.78 is 5.97. The van der Waals surface area contributed by atoms with Crippen molar-refractivity contribution in [1.82, 2.24) is 30.7 Å². The molecular formula is C42H54N6O8. The highest BCUT2D eigenvalue weighted by atomic mass is 16.5. The maximum absolute atomic E-state index is 14.7. The molecule has 4 saturated heterocycles. The molecule has 4 aliphatic rings. The minimum atomic E-state index is -1.44. The average Bonchev–Trinajstić information content (AvgIpc) is 3.84. The summed E-state index contributed by atoms with van der Waals surface area (Å²) in [6.07, 6.45) is 1.88. The quantitative estimate of drug-likeness (QED) is 0.358. The second-order valence-corrected chi connectivity index (χ2v) is 15.9. The number of cyclic esters (lactones) is 1. The van der Waals surface area contributed by atoms with Crippen LogP contribution in [0.25, 0.3) is 0 Å². The second kappa shape index (κ2) is 17.7. The third kappa shape index (κ3) is 9.22. The molecule has 4 fully saturated rings. The highest BCUT2D eigenvalue weighted by Crippen LogP contribution is 2.29. The average molecular weight is 771 g/mol. The van der Waals surface area contributed by atoms with Gasteiger partial charge in [0.2, 0.25) is 35.4 Å². The number of fused-ring (bicyclic) bond motifs is 3. The fraction of sp³-hybridized carbons (Fsp3) is 0.548. The Morgan fingerprint density at radius 3 is 2.20 bits per heavy atom. The molecule has 8 atom stereocenters. The second-order valence-electron chi connectivity index (χ2n) is 15.9. The third-order valence-corrected chi connectivity index (χ3v) is 11.5. The summed E-state index contributed by atoms with van der Waals surface area (Å²) in [6.45, 7) is 7.74. The first-order valence-electron chi connectivity index (χ1n) is 19.9. The van der Waals surface area contributed by atoms with Crippen LogP contribution in [0.1, 0.15) is 76.0 Å². The Kier molecular flexibility index (Phi) is 12.8. The Balaban J connectivity index is 1.32. The molecule has 2 aromatic carbocycles. The normalized spacial score (nSPS) is 28.1. The number of nitrogens with zero attached hydrogens (tertiary/aromatic N) is 3. The van der Waals surface area contributed by atoms with Crippen molar-refractivity contribution >= 4 is 41.4 Å². The van der Waals surface area contributed by atoms with Crippen LogP contribution in [0.2, 0.25) is 0 Å². The molecule has 6 amide bonds. The van der Waals surface area contributed by atoms with Gasteiger partial charge in [0.15, 0.2) is 0 Å². The molecule has 4 aliphatic heterocycles. The molecule has 0 saturated carbocycles. The zero-order valence-corrected chi connectivity index (χ0v) is 32.7. The molecule has 0 radical (unpaired) electrons. The first-order valence-corrected chi connectivity index (χ1v) is 19.9. The lowest BCUT2D eigenvalue weighted by molar-refractivity contribution is -0.163. The van der Waals surface area contributed by atoms with E-state index in [1.165, 1.54) is 21.6 Å². The van der Waals surface area contributed by atoms with Crippen LogP contribution < -0.4 is 16.0 Å². The Bertz CT molecular complexity index is 1800. The number of ether oxygens (including phenoxy) is 1. The fourth-order valence-corrected chi connectivity index (χ4v) is 8.42. The summed E-state index contributed by atoms with van der Waals surface area (Å²) in [5, 5.41) is 8.48. The molecule has 0 spiro atoms. The molecule has 300 valence electrons. The van der Waals surface area contributed by atoms with Gasteiger partial charge in [-0.25, -0.2) is 4.79 Å². The number of piperidine rings is 1. The smallest absolute Gasteiger partial charge is 0.329 e. The highest BCUT2D eigenvalue weighted by molar-refractivity contribution is 5.98. The van der Waals surface area contributed by atoms with Crippen LogP contribution in [0.4, 0.5) is 0 Å². The number of amides is 6. The van der Waals surface area contributed by atoms with Crippen LogP contribution in [0.5, 0.6) is 0 Å². The highest BCUT2D eigenvalue weighted by Gasteiger charge is 2.47. The first kappa shape index (κ1) is 40.4. The summed E-state index contributed by atoms with van der Waals surface area (Å²) in [4.78, 5) is 103. The van der Waals surface area contributed by atoms with E-state index in [2.05, 4.69) is 16.0 Å². The lowest BCUT2D eigenvalue weighted by Gasteiger charge is -2.39. The third-order valence-electron chi connectivity index (χ3n) is 11.5. The largest absolute Gasteiger partial charge is 0.458 e. The molecular weight excluding hydrogens is 716 g/mol. The van der Waals surface area contributed by atoms with Crippen molar-refractivity contribution in [3.8, 4) is 0 Å². The number of benzene rings is 2. The van der Waals surface area contributed by atoms with Gasteiger partial charge in [-0.3, -0.25) is 28.8 Å². The van der Waals surface area contributed by atoms with E-state index in [0.717, 1.165) is 16.7 Å². The van der Waals surface area contributed by atoms with Gasteiger partial charge in [-0.1, -0.05) is 67.1 Å². The molecule has 0 bridgehead atoms. The summed E-state index contributed by atoms with van der Waals surface area (Å²) >= 11 is 0. The summed E-state index contributed by atoms with van der Waals surface area (Å²) in [5.74, 6) is -3.77. The van der Waals surface area contributed by atoms with E-state index in [1.807, 2.05) is 68.4 Å². The molecule has 0 aromatic heterocycles. The summed E-state index contributed by atoms with van der Waals surface area (Å²) in [6, 6.07) is 10.4. The van der Waals surface area contributed by atoms with Crippen LogP contribution in [0.3, 0.4) is 0 Å². The molecule has 4 heterocycles. The standard InChI is InChI=1S/C42H54N6O8/c1-25-15-17-30(18-16-25)23-35(49)44-31(22-29-11-6-5-7-12-29)37(50)45-36-28(4)56-42(55)34-21-26(2)24-48(34)39(52)27(3)43-38(51)32-13-8-9-19-46(32)40(53)33-14-10-20-47(33)41(36)54/h5-7,11-12,15-18,26-28,31-34,36H,8-10,13-14,19-24H2,1-4H3,(H,43,51)(H,44,49)(H,45,50)/t26-,27-,28-,31-,32-,33-,34-,36-/m0/s1. The number of hydrogen-bond acceptors (Lipinski definition) is 8. The summed E-state index contributed by atoms with van der Waals surface area (Å²) in [7, 11) is 0. The zero-order valence-electron chi connectivity index (χ0n) is 32.7. The SMILES string of the molecule is Cc1ccc(CC(=O)N[C@@H](Cc2ccccc2)C(=O)N[C@@H]2C(=O)N3CCC[C@H]3C(=O)N3CCCC[C@H]3C(=O)N[C@@H](C)C(=O)N3C[C@@H](C)C[C@H]3C(=O)O[C@H]2C)cc1. The van der Waals surface area contributed by atoms with Crippen LogP contribution in [-0.4, -0.2) is 118 Å². The first-order chi connectivity index (χ1) is 26.8. The number of carbonyl (C=O) groups excluding carboxylic acids is 7. The van der Waals surface area contributed by atoms with Crippen molar-refractivity contribution in [3.05, 3.63) is 71.3 Å². The zero-order chi connectivity index (χ0) is 40.1. The Morgan fingerprint density at radius 2 is 1.46 bits per heavy atom. The number of esters is 1. The van der Waals surface area contributed by atoms with E-state index in [0.29, 0.717) is 45.1 Å². The number of rotatable bonds is 7. The van der Waals surface area contributed by atoms with Gasteiger partial charge in [0.25, 0.3) is 0 Å². The number of hydrogen-bond donors (Lipinski definition) is 3. The maximum atomic E-state index is 14.7. The van der Waals surface area contributed by atoms with Gasteiger partial charge in [-0.05, 0) is 76.3 Å². The van der Waals surface area contributed by atoms with E-state index >= 15 is 0 Å². The van der Waals surface area contributed by atoms with Crippen molar-refractivity contribution in [2.45, 2.75) is 121 Å². The van der Waals surface area contributed by atoms with E-state index in [1.54, 1.807) is 6.92 Å². The topological polar surface area (TPSA) is 175 Å². The predicted molar refractivity (Wildman–Crippen MR) is 205 cm³/mol. The van der Waals surface area contributed by atoms with Gasteiger partial charge in [0, 0.05) is 26.1 Å². The minimum absolute atomic E-state index is 0.0238. The lowest BCUT2D eigenvalue weighted by Crippen LogP contribution is -2.63. The molecule has 14 heteroatoms. The molecule has 0 aliphatic carbocycles. The number of aryl methyl sites for hydroxylation is 1. The molecule has 14 nitrogen and oxygen atoms in total. The van der Waals surface area contributed by atoms with Crippen molar-refractivity contribution in [1.29, 1.82) is 0 Å². The van der Waals surface area contributed by atoms with Gasteiger partial charge < -0.3 is 35.4 Å². The van der Waals surface area contributed by atoms with Gasteiger partial charge in [0.1, 0.15) is 42.4 Å². The van der Waals surface area contributed by atoms with Gasteiger partial charge in [0.05, 0.1) is 6.42 Å². The van der Waals surface area contributed by atoms with Crippen molar-refractivity contribution in [2.75, 3.05) is 19.6 Å².